The Kier molecular flexibility index (Phi) is 1.78. The van der Waals surface area contributed by atoms with Crippen molar-refractivity contribution in [2.24, 2.45) is 0 Å². The number of carbonyl (C=O) groups excluding carboxylic acids is 1. The lowest BCUT2D eigenvalue weighted by atomic mass is 10.1. The van der Waals surface area contributed by atoms with Gasteiger partial charge in [0.05, 0.1) is 6.61 Å². The summed E-state index contributed by atoms with van der Waals surface area (Å²) in [5.41, 5.74) is 0. The van der Waals surface area contributed by atoms with Gasteiger partial charge in [0.15, 0.2) is 18.1 Å². The zero-order chi connectivity index (χ0) is 10.6. The zero-order valence-electron chi connectivity index (χ0n) is 8.56. The Morgan fingerprint density at radius 2 is 2.20 bits per heavy atom. The minimum absolute atomic E-state index is 0.159. The number of nitrogens with one attached hydrogen (secondary N) is 1. The Morgan fingerprint density at radius 1 is 1.40 bits per heavy atom. The van der Waals surface area contributed by atoms with Gasteiger partial charge in [-0.05, 0) is 13.8 Å². The minimum atomic E-state index is -0.644. The van der Waals surface area contributed by atoms with Crippen LogP contribution in [0.3, 0.4) is 0 Å². The Hall–Kier alpha value is -0.850. The Labute approximate surface area is 86.8 Å². The van der Waals surface area contributed by atoms with E-state index in [9.17, 15) is 4.79 Å². The lowest BCUT2D eigenvalue weighted by Gasteiger charge is -2.37. The highest BCUT2D eigenvalue weighted by molar-refractivity contribution is 5.70. The molecule has 4 atom stereocenters. The number of ether oxygens (including phenoxy) is 4. The van der Waals surface area contributed by atoms with Crippen LogP contribution in [0.5, 0.6) is 0 Å². The molecule has 3 fully saturated rings. The number of alkyl carbamates (subject to hydrolysis) is 1. The van der Waals surface area contributed by atoms with Gasteiger partial charge in [-0.1, -0.05) is 0 Å². The molecule has 6 nitrogen and oxygen atoms in total. The summed E-state index contributed by atoms with van der Waals surface area (Å²) in [6.07, 6.45) is -1.60. The molecule has 3 saturated heterocycles. The van der Waals surface area contributed by atoms with Crippen LogP contribution in [0.15, 0.2) is 0 Å². The van der Waals surface area contributed by atoms with Crippen molar-refractivity contribution in [3.05, 3.63) is 0 Å². The molecule has 0 saturated carbocycles. The topological polar surface area (TPSA) is 66.0 Å². The summed E-state index contributed by atoms with van der Waals surface area (Å²) < 4.78 is 21.8. The van der Waals surface area contributed by atoms with Crippen molar-refractivity contribution in [3.8, 4) is 0 Å². The van der Waals surface area contributed by atoms with E-state index in [0.717, 1.165) is 0 Å². The normalized spacial score (nSPS) is 46.7. The predicted molar refractivity (Wildman–Crippen MR) is 47.0 cm³/mol. The number of carbonyl (C=O) groups is 1. The highest BCUT2D eigenvalue weighted by Crippen LogP contribution is 2.35. The number of rotatable bonds is 0. The maximum absolute atomic E-state index is 11.0. The van der Waals surface area contributed by atoms with Gasteiger partial charge in [0.1, 0.15) is 12.2 Å². The van der Waals surface area contributed by atoms with Gasteiger partial charge >= 0.3 is 6.09 Å². The van der Waals surface area contributed by atoms with Crippen LogP contribution >= 0.6 is 0 Å². The molecular weight excluding hydrogens is 202 g/mol. The van der Waals surface area contributed by atoms with Gasteiger partial charge in [-0.3, -0.25) is 5.32 Å². The third kappa shape index (κ3) is 1.40. The first-order valence-electron chi connectivity index (χ1n) is 4.99. The highest BCUT2D eigenvalue weighted by atomic mass is 16.8. The summed E-state index contributed by atoms with van der Waals surface area (Å²) >= 11 is 0. The molecule has 84 valence electrons. The molecule has 3 aliphatic rings. The minimum Gasteiger partial charge on any atom is -0.438 e. The van der Waals surface area contributed by atoms with E-state index in [1.165, 1.54) is 0 Å². The molecule has 1 amide bonds. The smallest absolute Gasteiger partial charge is 0.409 e. The Morgan fingerprint density at radius 3 is 3.00 bits per heavy atom. The molecule has 0 aromatic heterocycles. The molecule has 0 radical (unpaired) electrons. The first-order chi connectivity index (χ1) is 7.05. The molecule has 15 heavy (non-hydrogen) atoms. The molecule has 0 spiro atoms. The zero-order valence-corrected chi connectivity index (χ0v) is 8.56. The number of hydrogen-bond acceptors (Lipinski definition) is 5. The van der Waals surface area contributed by atoms with Gasteiger partial charge < -0.3 is 18.9 Å². The van der Waals surface area contributed by atoms with Gasteiger partial charge in [-0.15, -0.1) is 0 Å². The van der Waals surface area contributed by atoms with Crippen molar-refractivity contribution >= 4 is 6.09 Å². The van der Waals surface area contributed by atoms with Crippen LogP contribution in [-0.2, 0) is 18.9 Å². The summed E-state index contributed by atoms with van der Waals surface area (Å²) in [5, 5.41) is 2.58. The molecule has 3 rings (SSSR count). The summed E-state index contributed by atoms with van der Waals surface area (Å²) in [5.74, 6) is -0.644. The van der Waals surface area contributed by atoms with E-state index in [4.69, 9.17) is 18.9 Å². The molecule has 0 aromatic carbocycles. The molecule has 1 N–H and O–H groups in total. The van der Waals surface area contributed by atoms with Crippen LogP contribution < -0.4 is 5.32 Å². The van der Waals surface area contributed by atoms with Gasteiger partial charge in [0.2, 0.25) is 0 Å². The van der Waals surface area contributed by atoms with E-state index in [1.807, 2.05) is 13.8 Å². The number of amides is 1. The monoisotopic (exact) mass is 215 g/mol. The quantitative estimate of drug-likeness (QED) is 0.614. The molecule has 4 unspecified atom stereocenters. The SMILES string of the molecule is CC1(C)OCC2OC3NC(=O)OC3C2O1. The summed E-state index contributed by atoms with van der Waals surface area (Å²) in [6.45, 7) is 4.13. The second-order valence-corrected chi connectivity index (χ2v) is 4.40. The van der Waals surface area contributed by atoms with Crippen molar-refractivity contribution in [1.82, 2.24) is 5.32 Å². The first kappa shape index (κ1) is 9.38. The van der Waals surface area contributed by atoms with Crippen LogP contribution in [0.4, 0.5) is 4.79 Å². The fraction of sp³-hybridized carbons (Fsp3) is 0.889. The molecule has 0 aliphatic carbocycles. The lowest BCUT2D eigenvalue weighted by Crippen LogP contribution is -2.50. The second kappa shape index (κ2) is 2.84. The summed E-state index contributed by atoms with van der Waals surface area (Å²) in [7, 11) is 0. The van der Waals surface area contributed by atoms with Crippen LogP contribution in [-0.4, -0.2) is 43.0 Å². The number of hydrogen-bond donors (Lipinski definition) is 1. The van der Waals surface area contributed by atoms with E-state index < -0.39 is 18.1 Å². The largest absolute Gasteiger partial charge is 0.438 e. The predicted octanol–water partition coefficient (Wildman–Crippen LogP) is -0.0288. The number of fused-ring (bicyclic) bond motifs is 3. The van der Waals surface area contributed by atoms with E-state index in [-0.39, 0.29) is 18.3 Å². The van der Waals surface area contributed by atoms with Crippen LogP contribution in [0.1, 0.15) is 13.8 Å². The molecule has 0 aromatic rings. The third-order valence-electron chi connectivity index (χ3n) is 2.83. The Bertz CT molecular complexity index is 305. The standard InChI is InChI=1S/C9H13NO5/c1-9(2)12-3-4-5(15-9)6-7(13-4)10-8(11)14-6/h4-7H,3H2,1-2H3,(H,10,11). The molecule has 0 bridgehead atoms. The fourth-order valence-electron chi connectivity index (χ4n) is 2.17. The fourth-order valence-corrected chi connectivity index (χ4v) is 2.17. The van der Waals surface area contributed by atoms with E-state index >= 15 is 0 Å². The summed E-state index contributed by atoms with van der Waals surface area (Å²) in [6, 6.07) is 0. The van der Waals surface area contributed by atoms with Crippen molar-refractivity contribution in [2.45, 2.75) is 44.2 Å². The van der Waals surface area contributed by atoms with Gasteiger partial charge in [-0.2, -0.15) is 0 Å². The van der Waals surface area contributed by atoms with E-state index in [0.29, 0.717) is 6.61 Å². The Balaban J connectivity index is 1.80. The van der Waals surface area contributed by atoms with Crippen molar-refractivity contribution < 1.29 is 23.7 Å². The average molecular weight is 215 g/mol. The van der Waals surface area contributed by atoms with Crippen LogP contribution in [0.2, 0.25) is 0 Å². The van der Waals surface area contributed by atoms with Crippen molar-refractivity contribution in [2.75, 3.05) is 6.61 Å². The van der Waals surface area contributed by atoms with Gasteiger partial charge in [0, 0.05) is 0 Å². The van der Waals surface area contributed by atoms with E-state index in [2.05, 4.69) is 5.32 Å². The summed E-state index contributed by atoms with van der Waals surface area (Å²) in [4.78, 5) is 11.0. The van der Waals surface area contributed by atoms with Gasteiger partial charge in [-0.25, -0.2) is 4.79 Å². The first-order valence-corrected chi connectivity index (χ1v) is 4.99. The maximum Gasteiger partial charge on any atom is 0.409 e. The molecule has 3 aliphatic heterocycles. The average Bonchev–Trinajstić information content (AvgIpc) is 2.61. The molecule has 6 heteroatoms. The molecule has 3 heterocycles. The van der Waals surface area contributed by atoms with Crippen LogP contribution in [0, 0.1) is 0 Å². The van der Waals surface area contributed by atoms with Crippen molar-refractivity contribution in [3.63, 3.8) is 0 Å². The van der Waals surface area contributed by atoms with Crippen molar-refractivity contribution in [1.29, 1.82) is 0 Å². The molecular formula is C9H13NO5. The lowest BCUT2D eigenvalue weighted by molar-refractivity contribution is -0.300. The maximum atomic E-state index is 11.0. The second-order valence-electron chi connectivity index (χ2n) is 4.40. The van der Waals surface area contributed by atoms with Crippen LogP contribution in [0.25, 0.3) is 0 Å². The third-order valence-corrected chi connectivity index (χ3v) is 2.83. The van der Waals surface area contributed by atoms with E-state index in [1.54, 1.807) is 0 Å². The highest BCUT2D eigenvalue weighted by Gasteiger charge is 2.56. The van der Waals surface area contributed by atoms with Gasteiger partial charge in [0.25, 0.3) is 0 Å².